The molecule has 1 rings (SSSR count). The van der Waals surface area contributed by atoms with Gasteiger partial charge in [-0.2, -0.15) is 0 Å². The second kappa shape index (κ2) is 4.08. The summed E-state index contributed by atoms with van der Waals surface area (Å²) in [5.41, 5.74) is 3.69. The maximum Gasteiger partial charge on any atom is 0.196 e. The van der Waals surface area contributed by atoms with Gasteiger partial charge in [-0.15, -0.1) is 5.73 Å². The third kappa shape index (κ3) is 2.32. The quantitative estimate of drug-likeness (QED) is 0.399. The molecule has 0 aliphatic heterocycles. The van der Waals surface area contributed by atoms with Crippen LogP contribution in [0, 0.1) is 0 Å². The molecule has 0 fully saturated rings. The average Bonchev–Trinajstić information content (AvgIpc) is 2.17. The molecular formula is C11H9ClO. The molecular weight excluding hydrogens is 184 g/mol. The van der Waals surface area contributed by atoms with E-state index in [9.17, 15) is 4.79 Å². The fourth-order valence-electron chi connectivity index (χ4n) is 0.898. The van der Waals surface area contributed by atoms with Gasteiger partial charge in [0.25, 0.3) is 0 Å². The molecule has 0 saturated heterocycles. The summed E-state index contributed by atoms with van der Waals surface area (Å²) in [6.07, 6.45) is 0. The highest BCUT2D eigenvalue weighted by Gasteiger charge is 2.06. The van der Waals surface area contributed by atoms with E-state index in [-0.39, 0.29) is 5.78 Å². The van der Waals surface area contributed by atoms with Crippen LogP contribution in [0.2, 0.25) is 5.02 Å². The molecule has 2 heteroatoms. The lowest BCUT2D eigenvalue weighted by atomic mass is 10.1. The van der Waals surface area contributed by atoms with Crippen LogP contribution in [0.25, 0.3) is 0 Å². The van der Waals surface area contributed by atoms with Gasteiger partial charge in [-0.25, -0.2) is 0 Å². The molecule has 0 N–H and O–H groups in total. The van der Waals surface area contributed by atoms with Crippen molar-refractivity contribution >= 4 is 17.4 Å². The number of ketones is 1. The highest BCUT2D eigenvalue weighted by atomic mass is 35.5. The molecule has 0 aliphatic rings. The van der Waals surface area contributed by atoms with Gasteiger partial charge in [0, 0.05) is 16.2 Å². The van der Waals surface area contributed by atoms with Gasteiger partial charge in [-0.1, -0.05) is 18.2 Å². The van der Waals surface area contributed by atoms with Gasteiger partial charge in [0.05, 0.1) is 0 Å². The average molecular weight is 193 g/mol. The monoisotopic (exact) mass is 192 g/mol. The molecule has 0 radical (unpaired) electrons. The molecule has 0 heterocycles. The number of carbonyl (C=O) groups excluding carboxylic acids is 1. The van der Waals surface area contributed by atoms with Gasteiger partial charge < -0.3 is 0 Å². The Morgan fingerprint density at radius 2 is 1.92 bits per heavy atom. The van der Waals surface area contributed by atoms with Crippen molar-refractivity contribution < 1.29 is 4.79 Å². The summed E-state index contributed by atoms with van der Waals surface area (Å²) < 4.78 is 0. The van der Waals surface area contributed by atoms with Crippen LogP contribution in [0.15, 0.2) is 42.1 Å². The van der Waals surface area contributed by atoms with E-state index in [4.69, 9.17) is 11.6 Å². The number of hydrogen-bond donors (Lipinski definition) is 0. The normalized spacial score (nSPS) is 9.08. The Labute approximate surface area is 82.3 Å². The fraction of sp³-hybridized carbons (Fsp3) is 0.0909. The van der Waals surface area contributed by atoms with E-state index >= 15 is 0 Å². The zero-order valence-electron chi connectivity index (χ0n) is 7.30. The minimum atomic E-state index is -0.0633. The zero-order chi connectivity index (χ0) is 9.84. The summed E-state index contributed by atoms with van der Waals surface area (Å²) in [5, 5.41) is 0.622. The van der Waals surface area contributed by atoms with Crippen molar-refractivity contribution in [3.63, 3.8) is 0 Å². The molecule has 0 unspecified atom stereocenters. The van der Waals surface area contributed by atoms with Crippen LogP contribution in [0.3, 0.4) is 0 Å². The Morgan fingerprint density at radius 3 is 2.38 bits per heavy atom. The van der Waals surface area contributed by atoms with Gasteiger partial charge in [-0.3, -0.25) is 4.79 Å². The zero-order valence-corrected chi connectivity index (χ0v) is 8.06. The molecule has 1 aromatic rings. The molecule has 0 bridgehead atoms. The number of benzene rings is 1. The predicted octanol–water partition coefficient (Wildman–Crippen LogP) is 3.25. The largest absolute Gasteiger partial charge is 0.288 e. The summed E-state index contributed by atoms with van der Waals surface area (Å²) in [6.45, 7) is 5.10. The lowest BCUT2D eigenvalue weighted by Gasteiger charge is -1.98. The number of rotatable bonds is 2. The third-order valence-electron chi connectivity index (χ3n) is 1.71. The molecule has 0 aliphatic carbocycles. The van der Waals surface area contributed by atoms with Crippen LogP contribution in [0.4, 0.5) is 0 Å². The van der Waals surface area contributed by atoms with Gasteiger partial charge in [0.15, 0.2) is 5.78 Å². The summed E-state index contributed by atoms with van der Waals surface area (Å²) in [6, 6.07) is 6.74. The molecule has 0 atom stereocenters. The molecule has 13 heavy (non-hydrogen) atoms. The maximum absolute atomic E-state index is 11.5. The van der Waals surface area contributed by atoms with Crippen molar-refractivity contribution in [2.45, 2.75) is 6.92 Å². The second-order valence-electron chi connectivity index (χ2n) is 2.64. The van der Waals surface area contributed by atoms with E-state index in [1.165, 1.54) is 0 Å². The SMILES string of the molecule is C=C=C(C)C(=O)c1ccc(Cl)cc1. The summed E-state index contributed by atoms with van der Waals surface area (Å²) in [7, 11) is 0. The third-order valence-corrected chi connectivity index (χ3v) is 1.96. The fourth-order valence-corrected chi connectivity index (χ4v) is 1.02. The standard InChI is InChI=1S/C11H9ClO/c1-3-8(2)11(13)9-4-6-10(12)7-5-9/h4-7H,1H2,2H3. The van der Waals surface area contributed by atoms with E-state index in [0.29, 0.717) is 16.2 Å². The van der Waals surface area contributed by atoms with Crippen molar-refractivity contribution in [1.82, 2.24) is 0 Å². The number of carbonyl (C=O) groups is 1. The molecule has 0 aromatic heterocycles. The highest BCUT2D eigenvalue weighted by Crippen LogP contribution is 2.12. The number of Topliss-reactive ketones (excluding diaryl/α,β-unsaturated/α-hetero) is 1. The topological polar surface area (TPSA) is 17.1 Å². The molecule has 0 spiro atoms. The first-order chi connectivity index (χ1) is 6.15. The Kier molecular flexibility index (Phi) is 3.07. The summed E-state index contributed by atoms with van der Waals surface area (Å²) in [5.74, 6) is -0.0633. The first-order valence-electron chi connectivity index (χ1n) is 3.82. The number of allylic oxidation sites excluding steroid dienone is 1. The predicted molar refractivity (Wildman–Crippen MR) is 54.1 cm³/mol. The van der Waals surface area contributed by atoms with Crippen LogP contribution in [-0.4, -0.2) is 5.78 Å². The molecule has 0 saturated carbocycles. The number of hydrogen-bond acceptors (Lipinski definition) is 1. The van der Waals surface area contributed by atoms with E-state index in [1.54, 1.807) is 31.2 Å². The minimum Gasteiger partial charge on any atom is -0.288 e. The van der Waals surface area contributed by atoms with E-state index in [1.807, 2.05) is 0 Å². The van der Waals surface area contributed by atoms with Gasteiger partial charge in [-0.05, 0) is 31.2 Å². The lowest BCUT2D eigenvalue weighted by Crippen LogP contribution is -1.98. The summed E-state index contributed by atoms with van der Waals surface area (Å²) >= 11 is 5.68. The molecule has 1 nitrogen and oxygen atoms in total. The van der Waals surface area contributed by atoms with E-state index in [0.717, 1.165) is 0 Å². The Hall–Kier alpha value is -1.30. The van der Waals surface area contributed by atoms with Crippen molar-refractivity contribution in [3.8, 4) is 0 Å². The smallest absolute Gasteiger partial charge is 0.196 e. The van der Waals surface area contributed by atoms with Gasteiger partial charge >= 0.3 is 0 Å². The van der Waals surface area contributed by atoms with Crippen molar-refractivity contribution in [2.75, 3.05) is 0 Å². The van der Waals surface area contributed by atoms with Crippen molar-refractivity contribution in [3.05, 3.63) is 52.7 Å². The van der Waals surface area contributed by atoms with Crippen LogP contribution >= 0.6 is 11.6 Å². The van der Waals surface area contributed by atoms with Crippen LogP contribution < -0.4 is 0 Å². The Balaban J connectivity index is 3.03. The first kappa shape index (κ1) is 9.79. The second-order valence-corrected chi connectivity index (χ2v) is 3.07. The van der Waals surface area contributed by atoms with E-state index < -0.39 is 0 Å². The molecule has 0 amide bonds. The van der Waals surface area contributed by atoms with Crippen molar-refractivity contribution in [2.24, 2.45) is 0 Å². The summed E-state index contributed by atoms with van der Waals surface area (Å²) in [4.78, 5) is 11.5. The van der Waals surface area contributed by atoms with Crippen LogP contribution in [0.1, 0.15) is 17.3 Å². The minimum absolute atomic E-state index is 0.0633. The highest BCUT2D eigenvalue weighted by molar-refractivity contribution is 6.30. The van der Waals surface area contributed by atoms with Crippen LogP contribution in [0.5, 0.6) is 0 Å². The first-order valence-corrected chi connectivity index (χ1v) is 4.20. The van der Waals surface area contributed by atoms with Gasteiger partial charge in [0.1, 0.15) is 0 Å². The van der Waals surface area contributed by atoms with Gasteiger partial charge in [0.2, 0.25) is 0 Å². The molecule has 1 aromatic carbocycles. The van der Waals surface area contributed by atoms with Crippen molar-refractivity contribution in [1.29, 1.82) is 0 Å². The Bertz CT molecular complexity index is 370. The number of halogens is 1. The van der Waals surface area contributed by atoms with Crippen LogP contribution in [-0.2, 0) is 0 Å². The van der Waals surface area contributed by atoms with E-state index in [2.05, 4.69) is 12.3 Å². The molecule has 66 valence electrons. The lowest BCUT2D eigenvalue weighted by molar-refractivity contribution is 0.103. The Morgan fingerprint density at radius 1 is 1.38 bits per heavy atom. The maximum atomic E-state index is 11.5.